The van der Waals surface area contributed by atoms with E-state index >= 15 is 0 Å². The molecule has 6 heteroatoms. The van der Waals surface area contributed by atoms with Crippen LogP contribution in [0.3, 0.4) is 0 Å². The molecule has 2 atom stereocenters. The number of ether oxygens (including phenoxy) is 1. The third kappa shape index (κ3) is 3.57. The van der Waals surface area contributed by atoms with Crippen LogP contribution in [0.5, 0.6) is 5.75 Å². The summed E-state index contributed by atoms with van der Waals surface area (Å²) >= 11 is 0. The molecule has 1 aromatic rings. The molecule has 0 spiro atoms. The standard InChI is InChI=1S/C13H17FN2O3/c1-8(17)15-10-3-4-11(7-10)19-13-6-9(14)2-5-12(13)16-18/h2,5-6,10-11,16,18H,3-4,7H2,1H3,(H,15,17)/t10-,11-/m0/s1. The van der Waals surface area contributed by atoms with E-state index in [-0.39, 0.29) is 23.8 Å². The first-order chi connectivity index (χ1) is 9.08. The molecule has 0 aliphatic heterocycles. The van der Waals surface area contributed by atoms with Gasteiger partial charge in [-0.15, -0.1) is 0 Å². The zero-order valence-corrected chi connectivity index (χ0v) is 10.6. The predicted octanol–water partition coefficient (Wildman–Crippen LogP) is 2.06. The Balaban J connectivity index is 1.98. The first kappa shape index (κ1) is 13.6. The first-order valence-corrected chi connectivity index (χ1v) is 6.22. The molecule has 1 saturated carbocycles. The molecule has 0 radical (unpaired) electrons. The van der Waals surface area contributed by atoms with E-state index in [0.29, 0.717) is 12.1 Å². The summed E-state index contributed by atoms with van der Waals surface area (Å²) < 4.78 is 18.8. The van der Waals surface area contributed by atoms with Crippen LogP contribution in [-0.2, 0) is 4.79 Å². The van der Waals surface area contributed by atoms with E-state index in [1.807, 2.05) is 5.48 Å². The summed E-state index contributed by atoms with van der Waals surface area (Å²) in [4.78, 5) is 11.0. The van der Waals surface area contributed by atoms with Crippen molar-refractivity contribution in [2.75, 3.05) is 5.48 Å². The summed E-state index contributed by atoms with van der Waals surface area (Å²) in [5, 5.41) is 11.8. The summed E-state index contributed by atoms with van der Waals surface area (Å²) in [5.74, 6) is -0.212. The number of amides is 1. The fraction of sp³-hybridized carbons (Fsp3) is 0.462. The fourth-order valence-corrected chi connectivity index (χ4v) is 2.33. The Morgan fingerprint density at radius 1 is 1.47 bits per heavy atom. The van der Waals surface area contributed by atoms with Gasteiger partial charge in [0.05, 0.1) is 0 Å². The SMILES string of the molecule is CC(=O)N[C@H]1CC[C@H](Oc2cc(F)ccc2NO)C1. The van der Waals surface area contributed by atoms with Gasteiger partial charge < -0.3 is 10.1 Å². The van der Waals surface area contributed by atoms with Crippen LogP contribution in [0, 0.1) is 5.82 Å². The highest BCUT2D eigenvalue weighted by Gasteiger charge is 2.27. The first-order valence-electron chi connectivity index (χ1n) is 6.22. The van der Waals surface area contributed by atoms with Crippen molar-refractivity contribution in [1.29, 1.82) is 0 Å². The van der Waals surface area contributed by atoms with Gasteiger partial charge in [-0.05, 0) is 25.0 Å². The Morgan fingerprint density at radius 3 is 2.95 bits per heavy atom. The largest absolute Gasteiger partial charge is 0.488 e. The molecule has 1 fully saturated rings. The fourth-order valence-electron chi connectivity index (χ4n) is 2.33. The van der Waals surface area contributed by atoms with Crippen LogP contribution in [0.15, 0.2) is 18.2 Å². The second kappa shape index (κ2) is 5.88. The van der Waals surface area contributed by atoms with Crippen LogP contribution in [0.1, 0.15) is 26.2 Å². The highest BCUT2D eigenvalue weighted by Crippen LogP contribution is 2.30. The van der Waals surface area contributed by atoms with E-state index in [0.717, 1.165) is 12.8 Å². The van der Waals surface area contributed by atoms with Crippen LogP contribution >= 0.6 is 0 Å². The number of halogens is 1. The van der Waals surface area contributed by atoms with Crippen molar-refractivity contribution in [3.63, 3.8) is 0 Å². The zero-order chi connectivity index (χ0) is 13.8. The maximum Gasteiger partial charge on any atom is 0.217 e. The number of nitrogens with one attached hydrogen (secondary N) is 2. The third-order valence-electron chi connectivity index (χ3n) is 3.15. The van der Waals surface area contributed by atoms with Gasteiger partial charge in [0.25, 0.3) is 0 Å². The molecule has 0 aromatic heterocycles. The lowest BCUT2D eigenvalue weighted by molar-refractivity contribution is -0.119. The summed E-state index contributed by atoms with van der Waals surface area (Å²) in [6, 6.07) is 3.97. The Kier molecular flexibility index (Phi) is 4.21. The molecule has 0 saturated heterocycles. The minimum Gasteiger partial charge on any atom is -0.488 e. The van der Waals surface area contributed by atoms with Crippen molar-refractivity contribution < 1.29 is 19.1 Å². The van der Waals surface area contributed by atoms with E-state index in [4.69, 9.17) is 9.94 Å². The topological polar surface area (TPSA) is 70.6 Å². The number of anilines is 1. The van der Waals surface area contributed by atoms with Crippen LogP contribution in [-0.4, -0.2) is 23.3 Å². The van der Waals surface area contributed by atoms with Gasteiger partial charge in [-0.25, -0.2) is 4.39 Å². The molecule has 5 nitrogen and oxygen atoms in total. The highest BCUT2D eigenvalue weighted by molar-refractivity contribution is 5.73. The van der Waals surface area contributed by atoms with Gasteiger partial charge in [0.2, 0.25) is 5.91 Å². The number of hydrogen-bond donors (Lipinski definition) is 3. The quantitative estimate of drug-likeness (QED) is 0.731. The van der Waals surface area contributed by atoms with Crippen LogP contribution in [0.25, 0.3) is 0 Å². The number of carbonyl (C=O) groups excluding carboxylic acids is 1. The second-order valence-corrected chi connectivity index (χ2v) is 4.70. The van der Waals surface area contributed by atoms with Gasteiger partial charge >= 0.3 is 0 Å². The molecule has 104 valence electrons. The summed E-state index contributed by atoms with van der Waals surface area (Å²) in [5.41, 5.74) is 2.30. The summed E-state index contributed by atoms with van der Waals surface area (Å²) in [6.45, 7) is 1.48. The van der Waals surface area contributed by atoms with Gasteiger partial charge in [0.15, 0.2) is 0 Å². The molecule has 2 rings (SSSR count). The van der Waals surface area contributed by atoms with Gasteiger partial charge in [0.1, 0.15) is 23.4 Å². The van der Waals surface area contributed by atoms with Crippen molar-refractivity contribution in [3.05, 3.63) is 24.0 Å². The highest BCUT2D eigenvalue weighted by atomic mass is 19.1. The maximum atomic E-state index is 13.2. The van der Waals surface area contributed by atoms with Crippen LogP contribution in [0.4, 0.5) is 10.1 Å². The molecule has 1 aromatic carbocycles. The minimum absolute atomic E-state index is 0.0610. The summed E-state index contributed by atoms with van der Waals surface area (Å²) in [7, 11) is 0. The number of benzene rings is 1. The average molecular weight is 268 g/mol. The van der Waals surface area contributed by atoms with Crippen molar-refractivity contribution in [2.45, 2.75) is 38.3 Å². The van der Waals surface area contributed by atoms with E-state index in [9.17, 15) is 9.18 Å². The van der Waals surface area contributed by atoms with Crippen LogP contribution < -0.4 is 15.5 Å². The molecule has 0 heterocycles. The van der Waals surface area contributed by atoms with Crippen molar-refractivity contribution >= 4 is 11.6 Å². The predicted molar refractivity (Wildman–Crippen MR) is 67.7 cm³/mol. The zero-order valence-electron chi connectivity index (χ0n) is 10.6. The maximum absolute atomic E-state index is 13.2. The molecular formula is C13H17FN2O3. The number of carbonyl (C=O) groups is 1. The molecule has 3 N–H and O–H groups in total. The Hall–Kier alpha value is -1.82. The number of rotatable bonds is 4. The Labute approximate surface area is 110 Å². The molecule has 0 unspecified atom stereocenters. The molecular weight excluding hydrogens is 251 g/mol. The molecule has 1 amide bonds. The van der Waals surface area contributed by atoms with E-state index in [1.165, 1.54) is 25.1 Å². The van der Waals surface area contributed by atoms with E-state index in [1.54, 1.807) is 0 Å². The van der Waals surface area contributed by atoms with Gasteiger partial charge in [-0.2, -0.15) is 0 Å². The molecule has 1 aliphatic carbocycles. The third-order valence-corrected chi connectivity index (χ3v) is 3.15. The van der Waals surface area contributed by atoms with Crippen molar-refractivity contribution in [2.24, 2.45) is 0 Å². The Bertz CT molecular complexity index is 467. The lowest BCUT2D eigenvalue weighted by Crippen LogP contribution is -2.31. The van der Waals surface area contributed by atoms with Gasteiger partial charge in [-0.1, -0.05) is 0 Å². The van der Waals surface area contributed by atoms with Gasteiger partial charge in [-0.3, -0.25) is 15.5 Å². The average Bonchev–Trinajstić information content (AvgIpc) is 2.76. The Morgan fingerprint density at radius 2 is 2.26 bits per heavy atom. The van der Waals surface area contributed by atoms with Gasteiger partial charge in [0, 0.05) is 25.5 Å². The smallest absolute Gasteiger partial charge is 0.217 e. The second-order valence-electron chi connectivity index (χ2n) is 4.70. The molecule has 1 aliphatic rings. The normalized spacial score (nSPS) is 22.1. The molecule has 19 heavy (non-hydrogen) atoms. The lowest BCUT2D eigenvalue weighted by Gasteiger charge is -2.16. The number of hydrogen-bond acceptors (Lipinski definition) is 4. The van der Waals surface area contributed by atoms with Crippen molar-refractivity contribution in [3.8, 4) is 5.75 Å². The summed E-state index contributed by atoms with van der Waals surface area (Å²) in [6.07, 6.45) is 2.21. The van der Waals surface area contributed by atoms with Crippen LogP contribution in [0.2, 0.25) is 0 Å². The van der Waals surface area contributed by atoms with E-state index < -0.39 is 5.82 Å². The van der Waals surface area contributed by atoms with Crippen molar-refractivity contribution in [1.82, 2.24) is 5.32 Å². The lowest BCUT2D eigenvalue weighted by atomic mass is 10.2. The monoisotopic (exact) mass is 268 g/mol. The minimum atomic E-state index is -0.426. The molecule has 0 bridgehead atoms. The van der Waals surface area contributed by atoms with E-state index in [2.05, 4.69) is 5.32 Å².